The first-order valence-electron chi connectivity index (χ1n) is 6.85. The fourth-order valence-electron chi connectivity index (χ4n) is 2.85. The quantitative estimate of drug-likeness (QED) is 0.753. The molecule has 1 aliphatic rings. The van der Waals surface area contributed by atoms with E-state index in [1.807, 2.05) is 0 Å². The molecule has 0 aromatic rings. The molecule has 0 aromatic heterocycles. The van der Waals surface area contributed by atoms with Crippen LogP contribution in [0, 0.1) is 17.3 Å². The summed E-state index contributed by atoms with van der Waals surface area (Å²) in [4.78, 5) is 0. The fourth-order valence-corrected chi connectivity index (χ4v) is 2.85. The molecular formula is C14H29NO. The van der Waals surface area contributed by atoms with Gasteiger partial charge in [0.05, 0.1) is 6.10 Å². The predicted octanol–water partition coefficient (Wildman–Crippen LogP) is 3.07. The lowest BCUT2D eigenvalue weighted by atomic mass is 9.70. The third-order valence-electron chi connectivity index (χ3n) is 4.35. The van der Waals surface area contributed by atoms with Gasteiger partial charge in [-0.05, 0) is 31.7 Å². The van der Waals surface area contributed by atoms with Crippen LogP contribution in [-0.2, 0) is 4.74 Å². The maximum atomic E-state index is 5.81. The van der Waals surface area contributed by atoms with Crippen molar-refractivity contribution < 1.29 is 4.74 Å². The normalized spacial score (nSPS) is 32.2. The molecular weight excluding hydrogens is 198 g/mol. The van der Waals surface area contributed by atoms with Crippen LogP contribution < -0.4 is 5.32 Å². The molecule has 1 aliphatic heterocycles. The third-order valence-corrected chi connectivity index (χ3v) is 4.35. The molecule has 0 radical (unpaired) electrons. The van der Waals surface area contributed by atoms with Crippen molar-refractivity contribution in [2.24, 2.45) is 17.3 Å². The molecule has 2 nitrogen and oxygen atoms in total. The average Bonchev–Trinajstić information content (AvgIpc) is 2.60. The smallest absolute Gasteiger partial charge is 0.0618 e. The van der Waals surface area contributed by atoms with Crippen LogP contribution in [0.25, 0.3) is 0 Å². The van der Waals surface area contributed by atoms with Gasteiger partial charge in [-0.3, -0.25) is 0 Å². The Kier molecular flexibility index (Phi) is 5.26. The standard InChI is InChI=1S/C14H29NO/c1-6-12(4)14(7-8-16-13(14)5)10-15-9-11(2)3/h11-13,15H,6-10H2,1-5H3. The number of hydrogen-bond acceptors (Lipinski definition) is 2. The average molecular weight is 227 g/mol. The van der Waals surface area contributed by atoms with Gasteiger partial charge in [-0.1, -0.05) is 34.1 Å². The van der Waals surface area contributed by atoms with Crippen LogP contribution in [0.2, 0.25) is 0 Å². The van der Waals surface area contributed by atoms with Crippen molar-refractivity contribution in [3.63, 3.8) is 0 Å². The van der Waals surface area contributed by atoms with E-state index in [0.717, 1.165) is 31.5 Å². The molecule has 0 amide bonds. The maximum Gasteiger partial charge on any atom is 0.0618 e. The monoisotopic (exact) mass is 227 g/mol. The molecule has 0 spiro atoms. The second-order valence-corrected chi connectivity index (χ2v) is 5.83. The molecule has 1 saturated heterocycles. The van der Waals surface area contributed by atoms with E-state index in [-0.39, 0.29) is 0 Å². The van der Waals surface area contributed by atoms with Crippen molar-refractivity contribution in [2.75, 3.05) is 19.7 Å². The van der Waals surface area contributed by atoms with Gasteiger partial charge in [0.15, 0.2) is 0 Å². The van der Waals surface area contributed by atoms with Gasteiger partial charge in [0.25, 0.3) is 0 Å². The Morgan fingerprint density at radius 1 is 1.38 bits per heavy atom. The molecule has 1 fully saturated rings. The SMILES string of the molecule is CCC(C)C1(CNCC(C)C)CCOC1C. The van der Waals surface area contributed by atoms with Crippen LogP contribution in [0.3, 0.4) is 0 Å². The van der Waals surface area contributed by atoms with Crippen molar-refractivity contribution in [1.29, 1.82) is 0 Å². The molecule has 3 unspecified atom stereocenters. The lowest BCUT2D eigenvalue weighted by Crippen LogP contribution is -2.45. The Bertz CT molecular complexity index is 205. The Labute approximate surface area is 101 Å². The van der Waals surface area contributed by atoms with Gasteiger partial charge in [-0.15, -0.1) is 0 Å². The molecule has 16 heavy (non-hydrogen) atoms. The highest BCUT2D eigenvalue weighted by molar-refractivity contribution is 4.94. The van der Waals surface area contributed by atoms with Crippen molar-refractivity contribution in [1.82, 2.24) is 5.32 Å². The van der Waals surface area contributed by atoms with E-state index in [0.29, 0.717) is 11.5 Å². The molecule has 3 atom stereocenters. The van der Waals surface area contributed by atoms with E-state index < -0.39 is 0 Å². The van der Waals surface area contributed by atoms with Crippen molar-refractivity contribution in [3.05, 3.63) is 0 Å². The van der Waals surface area contributed by atoms with E-state index in [1.54, 1.807) is 0 Å². The summed E-state index contributed by atoms with van der Waals surface area (Å²) in [7, 11) is 0. The van der Waals surface area contributed by atoms with Crippen LogP contribution in [0.15, 0.2) is 0 Å². The minimum Gasteiger partial charge on any atom is -0.378 e. The summed E-state index contributed by atoms with van der Waals surface area (Å²) in [6.45, 7) is 14.6. The van der Waals surface area contributed by atoms with E-state index in [2.05, 4.69) is 39.9 Å². The van der Waals surface area contributed by atoms with Gasteiger partial charge in [0.1, 0.15) is 0 Å². The summed E-state index contributed by atoms with van der Waals surface area (Å²) in [5.41, 5.74) is 0.365. The number of rotatable bonds is 6. The first-order chi connectivity index (χ1) is 7.53. The molecule has 0 saturated carbocycles. The highest BCUT2D eigenvalue weighted by atomic mass is 16.5. The fraction of sp³-hybridized carbons (Fsp3) is 1.00. The van der Waals surface area contributed by atoms with Crippen LogP contribution >= 0.6 is 0 Å². The summed E-state index contributed by atoms with van der Waals surface area (Å²) in [6.07, 6.45) is 2.87. The van der Waals surface area contributed by atoms with Gasteiger partial charge in [-0.25, -0.2) is 0 Å². The molecule has 0 bridgehead atoms. The largest absolute Gasteiger partial charge is 0.378 e. The summed E-state index contributed by atoms with van der Waals surface area (Å²) in [5, 5.41) is 3.63. The first kappa shape index (κ1) is 14.0. The Hall–Kier alpha value is -0.0800. The summed E-state index contributed by atoms with van der Waals surface area (Å²) in [6, 6.07) is 0. The first-order valence-corrected chi connectivity index (χ1v) is 6.85. The Morgan fingerprint density at radius 2 is 2.06 bits per heavy atom. The highest BCUT2D eigenvalue weighted by Crippen LogP contribution is 2.42. The van der Waals surface area contributed by atoms with Crippen molar-refractivity contribution in [3.8, 4) is 0 Å². The zero-order valence-electron chi connectivity index (χ0n) is 11.7. The molecule has 0 aromatic carbocycles. The lowest BCUT2D eigenvalue weighted by Gasteiger charge is -2.38. The van der Waals surface area contributed by atoms with Gasteiger partial charge < -0.3 is 10.1 Å². The lowest BCUT2D eigenvalue weighted by molar-refractivity contribution is 0.0310. The van der Waals surface area contributed by atoms with Crippen LogP contribution in [-0.4, -0.2) is 25.8 Å². The minimum atomic E-state index is 0.365. The Balaban J connectivity index is 2.57. The number of hydrogen-bond donors (Lipinski definition) is 1. The van der Waals surface area contributed by atoms with Crippen molar-refractivity contribution >= 4 is 0 Å². The van der Waals surface area contributed by atoms with E-state index in [9.17, 15) is 0 Å². The van der Waals surface area contributed by atoms with Crippen LogP contribution in [0.1, 0.15) is 47.5 Å². The maximum absolute atomic E-state index is 5.81. The molecule has 1 heterocycles. The van der Waals surface area contributed by atoms with Gasteiger partial charge >= 0.3 is 0 Å². The van der Waals surface area contributed by atoms with Gasteiger partial charge in [-0.2, -0.15) is 0 Å². The Morgan fingerprint density at radius 3 is 2.50 bits per heavy atom. The van der Waals surface area contributed by atoms with Crippen LogP contribution in [0.5, 0.6) is 0 Å². The second-order valence-electron chi connectivity index (χ2n) is 5.83. The zero-order chi connectivity index (χ0) is 12.2. The van der Waals surface area contributed by atoms with E-state index >= 15 is 0 Å². The van der Waals surface area contributed by atoms with Gasteiger partial charge in [0.2, 0.25) is 0 Å². The van der Waals surface area contributed by atoms with E-state index in [1.165, 1.54) is 12.8 Å². The molecule has 0 aliphatic carbocycles. The zero-order valence-corrected chi connectivity index (χ0v) is 11.7. The van der Waals surface area contributed by atoms with Crippen molar-refractivity contribution in [2.45, 2.75) is 53.6 Å². The molecule has 96 valence electrons. The number of ether oxygens (including phenoxy) is 1. The molecule has 1 rings (SSSR count). The predicted molar refractivity (Wildman–Crippen MR) is 69.6 cm³/mol. The van der Waals surface area contributed by atoms with Gasteiger partial charge in [0, 0.05) is 18.6 Å². The highest BCUT2D eigenvalue weighted by Gasteiger charge is 2.44. The minimum absolute atomic E-state index is 0.365. The molecule has 2 heteroatoms. The summed E-state index contributed by atoms with van der Waals surface area (Å²) >= 11 is 0. The van der Waals surface area contributed by atoms with Crippen LogP contribution in [0.4, 0.5) is 0 Å². The topological polar surface area (TPSA) is 21.3 Å². The summed E-state index contributed by atoms with van der Waals surface area (Å²) < 4.78 is 5.81. The third kappa shape index (κ3) is 2.98. The van der Waals surface area contributed by atoms with E-state index in [4.69, 9.17) is 4.74 Å². The summed E-state index contributed by atoms with van der Waals surface area (Å²) in [5.74, 6) is 1.47. The number of nitrogens with one attached hydrogen (secondary N) is 1. The molecule has 1 N–H and O–H groups in total. The second kappa shape index (κ2) is 6.02.